The third-order valence-corrected chi connectivity index (χ3v) is 3.38. The first-order valence-electron chi connectivity index (χ1n) is 5.44. The van der Waals surface area contributed by atoms with Gasteiger partial charge in [0.05, 0.1) is 6.54 Å². The predicted molar refractivity (Wildman–Crippen MR) is 84.1 cm³/mol. The molecule has 1 fully saturated rings. The molecule has 0 aromatic heterocycles. The van der Waals surface area contributed by atoms with E-state index >= 15 is 0 Å². The Labute approximate surface area is 124 Å². The second kappa shape index (κ2) is 8.84. The molecule has 0 saturated carbocycles. The van der Waals surface area contributed by atoms with Crippen molar-refractivity contribution in [2.45, 2.75) is 6.42 Å². The molecule has 0 aliphatic carbocycles. The Morgan fingerprint density at radius 1 is 1.41 bits per heavy atom. The normalized spacial score (nSPS) is 16.4. The third-order valence-electron chi connectivity index (χ3n) is 2.43. The van der Waals surface area contributed by atoms with Crippen LogP contribution in [-0.2, 0) is 4.79 Å². The van der Waals surface area contributed by atoms with E-state index in [4.69, 9.17) is 5.73 Å². The number of carbonyl (C=O) groups excluding carboxylic acids is 1. The van der Waals surface area contributed by atoms with Crippen LogP contribution in [0.3, 0.4) is 0 Å². The fourth-order valence-corrected chi connectivity index (χ4v) is 2.29. The fraction of sp³-hybridized carbons (Fsp3) is 0.800. The highest BCUT2D eigenvalue weighted by Crippen LogP contribution is 2.08. The van der Waals surface area contributed by atoms with Crippen LogP contribution < -0.4 is 5.73 Å². The van der Waals surface area contributed by atoms with E-state index < -0.39 is 0 Å². The van der Waals surface area contributed by atoms with Crippen LogP contribution in [0.2, 0.25) is 0 Å². The molecular weight excluding hydrogens is 351 g/mol. The van der Waals surface area contributed by atoms with E-state index in [9.17, 15) is 4.79 Å². The van der Waals surface area contributed by atoms with Gasteiger partial charge in [-0.25, -0.2) is 0 Å². The Morgan fingerprint density at radius 2 is 2.00 bits per heavy atom. The van der Waals surface area contributed by atoms with Crippen molar-refractivity contribution in [2.24, 2.45) is 10.7 Å². The van der Waals surface area contributed by atoms with Gasteiger partial charge in [-0.1, -0.05) is 0 Å². The molecule has 1 aliphatic rings. The first-order valence-corrected chi connectivity index (χ1v) is 6.59. The Balaban J connectivity index is 0.00000256. The molecule has 0 radical (unpaired) electrons. The molecule has 1 aliphatic heterocycles. The number of nitrogens with two attached hydrogens (primary N) is 1. The van der Waals surface area contributed by atoms with Crippen LogP contribution in [0.15, 0.2) is 4.99 Å². The molecule has 1 saturated heterocycles. The Kier molecular flexibility index (Phi) is 8.75. The molecule has 17 heavy (non-hydrogen) atoms. The number of halogens is 1. The maximum atomic E-state index is 11.3. The van der Waals surface area contributed by atoms with Crippen molar-refractivity contribution in [2.75, 3.05) is 45.2 Å². The minimum absolute atomic E-state index is 0. The monoisotopic (exact) mass is 372 g/mol. The van der Waals surface area contributed by atoms with Crippen LogP contribution in [0.4, 0.5) is 0 Å². The van der Waals surface area contributed by atoms with Crippen molar-refractivity contribution in [3.63, 3.8) is 0 Å². The molecular formula is C10H21IN4OS. The van der Waals surface area contributed by atoms with Gasteiger partial charge >= 0.3 is 0 Å². The molecule has 0 atom stereocenters. The molecule has 0 unspecified atom stereocenters. The van der Waals surface area contributed by atoms with Crippen molar-refractivity contribution in [3.05, 3.63) is 0 Å². The topological polar surface area (TPSA) is 61.9 Å². The van der Waals surface area contributed by atoms with Crippen LogP contribution in [0.5, 0.6) is 0 Å². The van der Waals surface area contributed by atoms with E-state index in [2.05, 4.69) is 9.89 Å². The number of hydrogen-bond acceptors (Lipinski definition) is 3. The number of carbonyl (C=O) groups is 1. The van der Waals surface area contributed by atoms with E-state index in [1.54, 1.807) is 19.0 Å². The van der Waals surface area contributed by atoms with Crippen LogP contribution >= 0.6 is 35.7 Å². The van der Waals surface area contributed by atoms with Crippen molar-refractivity contribution in [1.29, 1.82) is 0 Å². The summed E-state index contributed by atoms with van der Waals surface area (Å²) < 4.78 is 0. The SMILES string of the molecule is CN(C)C(=O)CCN=C(N)N1CCSCC1.I. The lowest BCUT2D eigenvalue weighted by Gasteiger charge is -2.27. The molecule has 1 rings (SSSR count). The molecule has 7 heteroatoms. The Hall–Kier alpha value is -0.180. The first-order chi connectivity index (χ1) is 7.61. The van der Waals surface area contributed by atoms with Crippen molar-refractivity contribution >= 4 is 47.6 Å². The summed E-state index contributed by atoms with van der Waals surface area (Å²) in [5.74, 6) is 2.87. The van der Waals surface area contributed by atoms with Crippen molar-refractivity contribution < 1.29 is 4.79 Å². The predicted octanol–water partition coefficient (Wildman–Crippen LogP) is 0.446. The van der Waals surface area contributed by atoms with Gasteiger partial charge in [0, 0.05) is 45.1 Å². The van der Waals surface area contributed by atoms with Crippen molar-refractivity contribution in [1.82, 2.24) is 9.80 Å². The summed E-state index contributed by atoms with van der Waals surface area (Å²) in [5.41, 5.74) is 5.85. The number of aliphatic imine (C=N–C) groups is 1. The van der Waals surface area contributed by atoms with E-state index in [1.165, 1.54) is 0 Å². The zero-order chi connectivity index (χ0) is 12.0. The molecule has 0 spiro atoms. The number of nitrogens with zero attached hydrogens (tertiary/aromatic N) is 3. The molecule has 1 heterocycles. The molecule has 5 nitrogen and oxygen atoms in total. The Bertz CT molecular complexity index is 267. The zero-order valence-electron chi connectivity index (χ0n) is 10.4. The van der Waals surface area contributed by atoms with Gasteiger partial charge in [-0.05, 0) is 0 Å². The molecule has 0 bridgehead atoms. The molecule has 1 amide bonds. The second-order valence-electron chi connectivity index (χ2n) is 3.88. The highest BCUT2D eigenvalue weighted by Gasteiger charge is 2.12. The number of amides is 1. The van der Waals surface area contributed by atoms with Gasteiger partial charge in [0.2, 0.25) is 5.91 Å². The molecule has 0 aromatic rings. The summed E-state index contributed by atoms with van der Waals surface area (Å²) in [5, 5.41) is 0. The fourth-order valence-electron chi connectivity index (χ4n) is 1.38. The van der Waals surface area contributed by atoms with E-state index in [-0.39, 0.29) is 29.9 Å². The molecule has 2 N–H and O–H groups in total. The van der Waals surface area contributed by atoms with E-state index in [0.717, 1.165) is 24.6 Å². The van der Waals surface area contributed by atoms with E-state index in [0.29, 0.717) is 18.9 Å². The average Bonchev–Trinajstić information content (AvgIpc) is 2.29. The van der Waals surface area contributed by atoms with Gasteiger partial charge < -0.3 is 15.5 Å². The summed E-state index contributed by atoms with van der Waals surface area (Å²) in [4.78, 5) is 19.2. The maximum absolute atomic E-state index is 11.3. The van der Waals surface area contributed by atoms with Crippen LogP contribution in [0.1, 0.15) is 6.42 Å². The largest absolute Gasteiger partial charge is 0.370 e. The number of thioether (sulfide) groups is 1. The summed E-state index contributed by atoms with van der Waals surface area (Å²) in [7, 11) is 3.49. The lowest BCUT2D eigenvalue weighted by atomic mass is 10.4. The summed E-state index contributed by atoms with van der Waals surface area (Å²) in [6.07, 6.45) is 0.427. The third kappa shape index (κ3) is 6.35. The lowest BCUT2D eigenvalue weighted by molar-refractivity contribution is -0.128. The Morgan fingerprint density at radius 3 is 2.53 bits per heavy atom. The number of guanidine groups is 1. The van der Waals surface area contributed by atoms with Crippen molar-refractivity contribution in [3.8, 4) is 0 Å². The van der Waals surface area contributed by atoms with Gasteiger partial charge in [0.1, 0.15) is 0 Å². The smallest absolute Gasteiger partial charge is 0.223 e. The summed E-state index contributed by atoms with van der Waals surface area (Å²) in [6, 6.07) is 0. The minimum Gasteiger partial charge on any atom is -0.370 e. The molecule has 0 aromatic carbocycles. The minimum atomic E-state index is 0. The number of rotatable bonds is 3. The van der Waals surface area contributed by atoms with Gasteiger partial charge in [0.25, 0.3) is 0 Å². The zero-order valence-corrected chi connectivity index (χ0v) is 13.5. The summed E-state index contributed by atoms with van der Waals surface area (Å²) >= 11 is 1.94. The maximum Gasteiger partial charge on any atom is 0.223 e. The highest BCUT2D eigenvalue weighted by atomic mass is 127. The quantitative estimate of drug-likeness (QED) is 0.444. The van der Waals surface area contributed by atoms with Gasteiger partial charge in [0.15, 0.2) is 5.96 Å². The lowest BCUT2D eigenvalue weighted by Crippen LogP contribution is -2.42. The second-order valence-corrected chi connectivity index (χ2v) is 5.10. The van der Waals surface area contributed by atoms with Crippen LogP contribution in [0.25, 0.3) is 0 Å². The van der Waals surface area contributed by atoms with Crippen LogP contribution in [0, 0.1) is 0 Å². The summed E-state index contributed by atoms with van der Waals surface area (Å²) in [6.45, 7) is 2.40. The first kappa shape index (κ1) is 16.8. The van der Waals surface area contributed by atoms with Crippen LogP contribution in [-0.4, -0.2) is 66.9 Å². The van der Waals surface area contributed by atoms with E-state index in [1.807, 2.05) is 11.8 Å². The molecule has 100 valence electrons. The standard InChI is InChI=1S/C10H20N4OS.HI/c1-13(2)9(15)3-4-12-10(11)14-5-7-16-8-6-14;/h3-8H2,1-2H3,(H2,11,12);1H. The highest BCUT2D eigenvalue weighted by molar-refractivity contribution is 14.0. The number of hydrogen-bond donors (Lipinski definition) is 1. The van der Waals surface area contributed by atoms with Gasteiger partial charge in [-0.15, -0.1) is 24.0 Å². The van der Waals surface area contributed by atoms with Gasteiger partial charge in [-0.3, -0.25) is 9.79 Å². The van der Waals surface area contributed by atoms with Gasteiger partial charge in [-0.2, -0.15) is 11.8 Å². The average molecular weight is 372 g/mol.